The van der Waals surface area contributed by atoms with Crippen LogP contribution >= 0.6 is 23.2 Å². The summed E-state index contributed by atoms with van der Waals surface area (Å²) in [6.07, 6.45) is 0.552. The minimum absolute atomic E-state index is 0.0574. The molecule has 0 aliphatic heterocycles. The van der Waals surface area contributed by atoms with Gasteiger partial charge in [-0.15, -0.1) is 0 Å². The lowest BCUT2D eigenvalue weighted by Gasteiger charge is -2.11. The fourth-order valence-electron chi connectivity index (χ4n) is 2.92. The van der Waals surface area contributed by atoms with Gasteiger partial charge in [-0.05, 0) is 31.0 Å². The lowest BCUT2D eigenvalue weighted by molar-refractivity contribution is 0.414. The van der Waals surface area contributed by atoms with E-state index in [1.165, 1.54) is 19.2 Å². The summed E-state index contributed by atoms with van der Waals surface area (Å²) >= 11 is 12.1. The SMILES string of the molecule is COc1cc(Cl)c(S(=O)(=O)NCCc2c(C)[nH]c3ccccc23)cc1Cl. The zero-order valence-corrected chi connectivity index (χ0v) is 16.6. The van der Waals surface area contributed by atoms with Gasteiger partial charge in [0.05, 0.1) is 17.2 Å². The van der Waals surface area contributed by atoms with Crippen LogP contribution in [-0.2, 0) is 16.4 Å². The predicted octanol–water partition coefficient (Wildman–Crippen LogP) is 4.31. The second-order valence-electron chi connectivity index (χ2n) is 5.84. The Morgan fingerprint density at radius 1 is 1.15 bits per heavy atom. The first-order valence-corrected chi connectivity index (χ1v) is 10.2. The zero-order valence-electron chi connectivity index (χ0n) is 14.3. The number of benzene rings is 2. The molecule has 0 bridgehead atoms. The maximum absolute atomic E-state index is 12.6. The molecule has 0 unspecified atom stereocenters. The number of nitrogens with one attached hydrogen (secondary N) is 2. The highest BCUT2D eigenvalue weighted by molar-refractivity contribution is 7.89. The highest BCUT2D eigenvalue weighted by Crippen LogP contribution is 2.33. The quantitative estimate of drug-likeness (QED) is 0.633. The van der Waals surface area contributed by atoms with Gasteiger partial charge >= 0.3 is 0 Å². The van der Waals surface area contributed by atoms with Crippen LogP contribution in [0.3, 0.4) is 0 Å². The Labute approximate surface area is 162 Å². The summed E-state index contributed by atoms with van der Waals surface area (Å²) in [7, 11) is -2.35. The summed E-state index contributed by atoms with van der Waals surface area (Å²) in [5.41, 5.74) is 3.14. The van der Waals surface area contributed by atoms with E-state index in [9.17, 15) is 8.42 Å². The van der Waals surface area contributed by atoms with E-state index in [1.807, 2.05) is 31.2 Å². The average Bonchev–Trinajstić information content (AvgIpc) is 2.92. The molecule has 0 amide bonds. The van der Waals surface area contributed by atoms with Crippen LogP contribution in [0.2, 0.25) is 10.0 Å². The number of para-hydroxylation sites is 1. The second-order valence-corrected chi connectivity index (χ2v) is 8.39. The summed E-state index contributed by atoms with van der Waals surface area (Å²) in [6, 6.07) is 10.6. The Balaban J connectivity index is 1.79. The first kappa shape index (κ1) is 19.0. The number of sulfonamides is 1. The van der Waals surface area contributed by atoms with Gasteiger partial charge in [0.2, 0.25) is 10.0 Å². The minimum Gasteiger partial charge on any atom is -0.495 e. The summed E-state index contributed by atoms with van der Waals surface area (Å²) in [6.45, 7) is 2.22. The van der Waals surface area contributed by atoms with Crippen LogP contribution in [0.4, 0.5) is 0 Å². The smallest absolute Gasteiger partial charge is 0.242 e. The lowest BCUT2D eigenvalue weighted by atomic mass is 10.1. The highest BCUT2D eigenvalue weighted by Gasteiger charge is 2.20. The third-order valence-electron chi connectivity index (χ3n) is 4.19. The van der Waals surface area contributed by atoms with Crippen LogP contribution in [0.5, 0.6) is 5.75 Å². The maximum atomic E-state index is 12.6. The Kier molecular flexibility index (Phi) is 5.48. The van der Waals surface area contributed by atoms with E-state index in [0.717, 1.165) is 22.2 Å². The van der Waals surface area contributed by atoms with E-state index in [0.29, 0.717) is 12.2 Å². The monoisotopic (exact) mass is 412 g/mol. The molecule has 8 heteroatoms. The van der Waals surface area contributed by atoms with Crippen molar-refractivity contribution >= 4 is 44.1 Å². The van der Waals surface area contributed by atoms with Crippen LogP contribution in [0.1, 0.15) is 11.3 Å². The number of hydrogen-bond donors (Lipinski definition) is 2. The molecule has 2 aromatic carbocycles. The van der Waals surface area contributed by atoms with Gasteiger partial charge in [-0.25, -0.2) is 13.1 Å². The van der Waals surface area contributed by atoms with Crippen molar-refractivity contribution in [1.82, 2.24) is 9.71 Å². The average molecular weight is 413 g/mol. The van der Waals surface area contributed by atoms with Gasteiger partial charge in [0, 0.05) is 29.2 Å². The number of rotatable bonds is 6. The van der Waals surface area contributed by atoms with Crippen molar-refractivity contribution in [3.8, 4) is 5.75 Å². The van der Waals surface area contributed by atoms with E-state index in [1.54, 1.807) is 0 Å². The van der Waals surface area contributed by atoms with Crippen molar-refractivity contribution in [1.29, 1.82) is 0 Å². The van der Waals surface area contributed by atoms with Gasteiger partial charge in [0.1, 0.15) is 10.6 Å². The molecule has 3 rings (SSSR count). The number of aryl methyl sites for hydroxylation is 1. The van der Waals surface area contributed by atoms with Gasteiger partial charge in [0.15, 0.2) is 0 Å². The van der Waals surface area contributed by atoms with E-state index in [2.05, 4.69) is 9.71 Å². The first-order valence-electron chi connectivity index (χ1n) is 7.92. The summed E-state index contributed by atoms with van der Waals surface area (Å²) in [5, 5.41) is 1.33. The van der Waals surface area contributed by atoms with Crippen LogP contribution in [0, 0.1) is 6.92 Å². The molecule has 3 aromatic rings. The van der Waals surface area contributed by atoms with Crippen molar-refractivity contribution in [2.75, 3.05) is 13.7 Å². The number of H-pyrrole nitrogens is 1. The number of halogens is 2. The van der Waals surface area contributed by atoms with Crippen LogP contribution < -0.4 is 9.46 Å². The van der Waals surface area contributed by atoms with Gasteiger partial charge in [-0.3, -0.25) is 0 Å². The van der Waals surface area contributed by atoms with Crippen molar-refractivity contribution in [3.05, 3.63) is 57.7 Å². The molecule has 0 fully saturated rings. The molecule has 0 radical (unpaired) electrons. The van der Waals surface area contributed by atoms with Crippen molar-refractivity contribution in [2.45, 2.75) is 18.2 Å². The van der Waals surface area contributed by atoms with E-state index < -0.39 is 10.0 Å². The predicted molar refractivity (Wildman–Crippen MR) is 105 cm³/mol. The summed E-state index contributed by atoms with van der Waals surface area (Å²) in [4.78, 5) is 3.24. The normalized spacial score (nSPS) is 11.8. The van der Waals surface area contributed by atoms with Crippen LogP contribution in [-0.4, -0.2) is 27.1 Å². The molecule has 0 aliphatic carbocycles. The van der Waals surface area contributed by atoms with Gasteiger partial charge in [-0.1, -0.05) is 41.4 Å². The number of fused-ring (bicyclic) bond motifs is 1. The van der Waals surface area contributed by atoms with Crippen molar-refractivity contribution in [3.63, 3.8) is 0 Å². The molecule has 1 heterocycles. The Morgan fingerprint density at radius 2 is 1.88 bits per heavy atom. The Hall–Kier alpha value is -1.73. The Morgan fingerprint density at radius 3 is 2.62 bits per heavy atom. The third kappa shape index (κ3) is 3.69. The third-order valence-corrected chi connectivity index (χ3v) is 6.41. The largest absolute Gasteiger partial charge is 0.495 e. The fourth-order valence-corrected chi connectivity index (χ4v) is 4.80. The number of methoxy groups -OCH3 is 1. The molecule has 2 N–H and O–H groups in total. The van der Waals surface area contributed by atoms with E-state index in [-0.39, 0.29) is 21.5 Å². The number of aromatic nitrogens is 1. The van der Waals surface area contributed by atoms with Gasteiger partial charge < -0.3 is 9.72 Å². The molecular formula is C18H18Cl2N2O3S. The van der Waals surface area contributed by atoms with Crippen LogP contribution in [0.15, 0.2) is 41.3 Å². The van der Waals surface area contributed by atoms with Gasteiger partial charge in [-0.2, -0.15) is 0 Å². The van der Waals surface area contributed by atoms with Crippen molar-refractivity contribution in [2.24, 2.45) is 0 Å². The minimum atomic E-state index is -3.79. The molecule has 26 heavy (non-hydrogen) atoms. The number of ether oxygens (including phenoxy) is 1. The van der Waals surface area contributed by atoms with Crippen LogP contribution in [0.25, 0.3) is 10.9 Å². The second kappa shape index (κ2) is 7.48. The van der Waals surface area contributed by atoms with Crippen molar-refractivity contribution < 1.29 is 13.2 Å². The fraction of sp³-hybridized carbons (Fsp3) is 0.222. The molecule has 138 valence electrons. The number of aromatic amines is 1. The topological polar surface area (TPSA) is 71.2 Å². The molecule has 0 spiro atoms. The molecule has 0 atom stereocenters. The molecular weight excluding hydrogens is 395 g/mol. The molecule has 5 nitrogen and oxygen atoms in total. The standard InChI is InChI=1S/C18H18Cl2N2O3S/c1-11-12(13-5-3-4-6-16(13)22-11)7-8-21-26(23,24)18-10-14(19)17(25-2)9-15(18)20/h3-6,9-10,21-22H,7-8H2,1-2H3. The summed E-state index contributed by atoms with van der Waals surface area (Å²) < 4.78 is 32.8. The molecule has 0 saturated carbocycles. The highest BCUT2D eigenvalue weighted by atomic mass is 35.5. The molecule has 0 aliphatic rings. The summed E-state index contributed by atoms with van der Waals surface area (Å²) in [5.74, 6) is 0.324. The lowest BCUT2D eigenvalue weighted by Crippen LogP contribution is -2.26. The number of hydrogen-bond acceptors (Lipinski definition) is 3. The van der Waals surface area contributed by atoms with E-state index in [4.69, 9.17) is 27.9 Å². The Bertz CT molecular complexity index is 1060. The maximum Gasteiger partial charge on any atom is 0.242 e. The van der Waals surface area contributed by atoms with E-state index >= 15 is 0 Å². The molecule has 1 aromatic heterocycles. The van der Waals surface area contributed by atoms with Gasteiger partial charge in [0.25, 0.3) is 0 Å². The first-order chi connectivity index (χ1) is 12.3. The zero-order chi connectivity index (χ0) is 18.9. The molecule has 0 saturated heterocycles.